The molecule has 0 saturated heterocycles. The number of carbonyl (C=O) groups is 1. The van der Waals surface area contributed by atoms with Crippen molar-refractivity contribution in [1.29, 1.82) is 0 Å². The molecule has 15 heavy (non-hydrogen) atoms. The Morgan fingerprint density at radius 1 is 1.60 bits per heavy atom. The standard InChI is InChI=1S/C8H5F3INO2/c1-15-8(14)4-2-3(5(9)10)6(11)13-7(4)12/h2,5H,1H3. The largest absolute Gasteiger partial charge is 0.465 e. The van der Waals surface area contributed by atoms with E-state index in [2.05, 4.69) is 9.72 Å². The smallest absolute Gasteiger partial charge is 0.340 e. The summed E-state index contributed by atoms with van der Waals surface area (Å²) >= 11 is 1.57. The molecule has 0 spiro atoms. The summed E-state index contributed by atoms with van der Waals surface area (Å²) in [5, 5.41) is 0. The Morgan fingerprint density at radius 3 is 2.67 bits per heavy atom. The summed E-state index contributed by atoms with van der Waals surface area (Å²) in [4.78, 5) is 14.3. The molecular weight excluding hydrogens is 326 g/mol. The highest BCUT2D eigenvalue weighted by atomic mass is 127. The number of pyridine rings is 1. The summed E-state index contributed by atoms with van der Waals surface area (Å²) in [6.45, 7) is 0. The van der Waals surface area contributed by atoms with E-state index in [4.69, 9.17) is 0 Å². The molecule has 0 aromatic carbocycles. The zero-order valence-corrected chi connectivity index (χ0v) is 9.59. The lowest BCUT2D eigenvalue weighted by atomic mass is 10.2. The van der Waals surface area contributed by atoms with E-state index in [0.717, 1.165) is 13.2 Å². The van der Waals surface area contributed by atoms with Crippen LogP contribution in [-0.2, 0) is 4.74 Å². The van der Waals surface area contributed by atoms with Crippen LogP contribution in [0.15, 0.2) is 6.07 Å². The van der Waals surface area contributed by atoms with Gasteiger partial charge in [-0.25, -0.2) is 18.6 Å². The van der Waals surface area contributed by atoms with Crippen LogP contribution in [0.1, 0.15) is 22.3 Å². The second-order valence-corrected chi connectivity index (χ2v) is 3.52. The average Bonchev–Trinajstić information content (AvgIpc) is 2.16. The van der Waals surface area contributed by atoms with Crippen molar-refractivity contribution in [2.24, 2.45) is 0 Å². The fourth-order valence-electron chi connectivity index (χ4n) is 0.892. The van der Waals surface area contributed by atoms with Crippen molar-refractivity contribution in [3.63, 3.8) is 0 Å². The van der Waals surface area contributed by atoms with Crippen LogP contribution in [0.2, 0.25) is 0 Å². The molecule has 0 unspecified atom stereocenters. The fourth-order valence-corrected chi connectivity index (χ4v) is 1.48. The summed E-state index contributed by atoms with van der Waals surface area (Å²) < 4.78 is 41.8. The molecule has 0 radical (unpaired) electrons. The summed E-state index contributed by atoms with van der Waals surface area (Å²) in [5.74, 6) is -2.10. The van der Waals surface area contributed by atoms with Gasteiger partial charge in [0.2, 0.25) is 5.95 Å². The van der Waals surface area contributed by atoms with Gasteiger partial charge in [0.1, 0.15) is 3.70 Å². The third-order valence-corrected chi connectivity index (χ3v) is 2.42. The number of rotatable bonds is 2. The van der Waals surface area contributed by atoms with E-state index in [1.807, 2.05) is 0 Å². The van der Waals surface area contributed by atoms with Gasteiger partial charge in [-0.1, -0.05) is 0 Å². The predicted molar refractivity (Wildman–Crippen MR) is 53.2 cm³/mol. The molecule has 0 aliphatic rings. The van der Waals surface area contributed by atoms with Crippen LogP contribution >= 0.6 is 22.6 Å². The zero-order valence-electron chi connectivity index (χ0n) is 7.43. The Bertz CT molecular complexity index is 398. The molecule has 0 aliphatic heterocycles. The minimum Gasteiger partial charge on any atom is -0.465 e. The molecule has 0 aliphatic carbocycles. The average molecular weight is 331 g/mol. The van der Waals surface area contributed by atoms with Gasteiger partial charge in [-0.2, -0.15) is 4.39 Å². The highest BCUT2D eigenvalue weighted by molar-refractivity contribution is 14.1. The van der Waals surface area contributed by atoms with Gasteiger partial charge in [0.15, 0.2) is 0 Å². The van der Waals surface area contributed by atoms with Gasteiger partial charge in [-0.05, 0) is 28.7 Å². The summed E-state index contributed by atoms with van der Waals surface area (Å²) in [5.41, 5.74) is -1.08. The van der Waals surface area contributed by atoms with Gasteiger partial charge in [0.05, 0.1) is 18.2 Å². The van der Waals surface area contributed by atoms with Crippen molar-refractivity contribution in [1.82, 2.24) is 4.98 Å². The number of alkyl halides is 2. The van der Waals surface area contributed by atoms with Crippen LogP contribution in [0, 0.1) is 9.65 Å². The Morgan fingerprint density at radius 2 is 2.20 bits per heavy atom. The van der Waals surface area contributed by atoms with Crippen LogP contribution in [0.5, 0.6) is 0 Å². The Hall–Kier alpha value is -0.860. The van der Waals surface area contributed by atoms with Gasteiger partial charge in [-0.15, -0.1) is 0 Å². The molecule has 82 valence electrons. The van der Waals surface area contributed by atoms with E-state index >= 15 is 0 Å². The van der Waals surface area contributed by atoms with Gasteiger partial charge >= 0.3 is 5.97 Å². The molecule has 1 rings (SSSR count). The minimum atomic E-state index is -3.02. The van der Waals surface area contributed by atoms with Crippen molar-refractivity contribution in [3.8, 4) is 0 Å². The fraction of sp³-hybridized carbons (Fsp3) is 0.250. The number of halogens is 4. The van der Waals surface area contributed by atoms with E-state index in [9.17, 15) is 18.0 Å². The summed E-state index contributed by atoms with van der Waals surface area (Å²) in [6, 6.07) is 0.751. The van der Waals surface area contributed by atoms with Crippen LogP contribution in [0.25, 0.3) is 0 Å². The first-order valence-corrected chi connectivity index (χ1v) is 4.77. The molecule has 7 heteroatoms. The van der Waals surface area contributed by atoms with Crippen molar-refractivity contribution < 1.29 is 22.7 Å². The number of methoxy groups -OCH3 is 1. The highest BCUT2D eigenvalue weighted by Crippen LogP contribution is 2.24. The number of ether oxygens (including phenoxy) is 1. The quantitative estimate of drug-likeness (QED) is 0.475. The third-order valence-electron chi connectivity index (χ3n) is 1.60. The molecule has 3 nitrogen and oxygen atoms in total. The van der Waals surface area contributed by atoms with Crippen LogP contribution < -0.4 is 0 Å². The predicted octanol–water partition coefficient (Wildman–Crippen LogP) is 2.55. The molecule has 1 aromatic heterocycles. The molecule has 0 atom stereocenters. The molecule has 0 fully saturated rings. The van der Waals surface area contributed by atoms with Crippen LogP contribution in [0.3, 0.4) is 0 Å². The zero-order chi connectivity index (χ0) is 11.6. The maximum Gasteiger partial charge on any atom is 0.340 e. The molecule has 1 heterocycles. The summed E-state index contributed by atoms with van der Waals surface area (Å²) in [7, 11) is 1.10. The topological polar surface area (TPSA) is 39.2 Å². The van der Waals surface area contributed by atoms with Crippen molar-refractivity contribution in [3.05, 3.63) is 26.8 Å². The van der Waals surface area contributed by atoms with E-state index in [-0.39, 0.29) is 9.26 Å². The second kappa shape index (κ2) is 4.77. The Labute approximate surface area is 96.8 Å². The third kappa shape index (κ3) is 2.58. The van der Waals surface area contributed by atoms with E-state index in [1.165, 1.54) is 0 Å². The molecule has 0 saturated carbocycles. The van der Waals surface area contributed by atoms with E-state index in [1.54, 1.807) is 22.6 Å². The molecule has 0 bridgehead atoms. The lowest BCUT2D eigenvalue weighted by Gasteiger charge is -2.06. The first-order chi connectivity index (χ1) is 6.97. The SMILES string of the molecule is COC(=O)c1cc(C(F)F)c(F)nc1I. The number of hydrogen-bond acceptors (Lipinski definition) is 3. The van der Waals surface area contributed by atoms with E-state index < -0.39 is 23.9 Å². The summed E-state index contributed by atoms with van der Waals surface area (Å²) in [6.07, 6.45) is -3.02. The van der Waals surface area contributed by atoms with Crippen molar-refractivity contribution in [2.45, 2.75) is 6.43 Å². The molecule has 0 N–H and O–H groups in total. The first kappa shape index (κ1) is 12.2. The molecule has 0 amide bonds. The minimum absolute atomic E-state index is 0.0126. The highest BCUT2D eigenvalue weighted by Gasteiger charge is 2.21. The van der Waals surface area contributed by atoms with Crippen molar-refractivity contribution in [2.75, 3.05) is 7.11 Å². The lowest BCUT2D eigenvalue weighted by Crippen LogP contribution is -2.09. The van der Waals surface area contributed by atoms with Gasteiger partial charge < -0.3 is 4.74 Å². The Kier molecular flexibility index (Phi) is 3.89. The second-order valence-electron chi connectivity index (χ2n) is 2.50. The monoisotopic (exact) mass is 331 g/mol. The van der Waals surface area contributed by atoms with Crippen LogP contribution in [-0.4, -0.2) is 18.1 Å². The van der Waals surface area contributed by atoms with Crippen molar-refractivity contribution >= 4 is 28.6 Å². The van der Waals surface area contributed by atoms with Gasteiger partial charge in [0.25, 0.3) is 6.43 Å². The number of esters is 1. The van der Waals surface area contributed by atoms with Gasteiger partial charge in [-0.3, -0.25) is 0 Å². The van der Waals surface area contributed by atoms with E-state index in [0.29, 0.717) is 0 Å². The number of carbonyl (C=O) groups excluding carboxylic acids is 1. The number of hydrogen-bond donors (Lipinski definition) is 0. The Balaban J connectivity index is 3.29. The lowest BCUT2D eigenvalue weighted by molar-refractivity contribution is 0.0598. The maximum atomic E-state index is 12.9. The molecular formula is C8H5F3INO2. The molecule has 1 aromatic rings. The van der Waals surface area contributed by atoms with Gasteiger partial charge in [0, 0.05) is 0 Å². The number of nitrogens with zero attached hydrogens (tertiary/aromatic N) is 1. The number of aromatic nitrogens is 1. The maximum absolute atomic E-state index is 12.9. The van der Waals surface area contributed by atoms with Crippen LogP contribution in [0.4, 0.5) is 13.2 Å². The first-order valence-electron chi connectivity index (χ1n) is 3.69. The normalized spacial score (nSPS) is 10.5.